The maximum absolute atomic E-state index is 11.7. The van der Waals surface area contributed by atoms with Crippen LogP contribution in [0.15, 0.2) is 0 Å². The number of likely N-dealkylation sites (tertiary alicyclic amines) is 1. The molecule has 68 valence electrons. The predicted molar refractivity (Wildman–Crippen MR) is 47.7 cm³/mol. The minimum atomic E-state index is 0.402. The molecule has 2 rings (SSSR count). The Hall–Kier alpha value is -0.530. The molecule has 0 aromatic rings. The molecule has 0 spiro atoms. The lowest BCUT2D eigenvalue weighted by molar-refractivity contribution is -0.131. The average Bonchev–Trinajstić information content (AvgIpc) is 2.44. The molecule has 1 saturated carbocycles. The van der Waals surface area contributed by atoms with E-state index in [9.17, 15) is 4.79 Å². The minimum Gasteiger partial charge on any atom is -0.342 e. The summed E-state index contributed by atoms with van der Waals surface area (Å²) in [6.07, 6.45) is 5.05. The van der Waals surface area contributed by atoms with Crippen molar-refractivity contribution in [3.8, 4) is 0 Å². The lowest BCUT2D eigenvalue weighted by atomic mass is 9.81. The molecule has 0 N–H and O–H groups in total. The summed E-state index contributed by atoms with van der Waals surface area (Å²) < 4.78 is 0. The van der Waals surface area contributed by atoms with Crippen LogP contribution >= 0.6 is 0 Å². The monoisotopic (exact) mass is 167 g/mol. The second kappa shape index (κ2) is 3.08. The maximum atomic E-state index is 11.7. The second-order valence-corrected chi connectivity index (χ2v) is 4.03. The van der Waals surface area contributed by atoms with Gasteiger partial charge in [0.15, 0.2) is 0 Å². The summed E-state index contributed by atoms with van der Waals surface area (Å²) >= 11 is 0. The quantitative estimate of drug-likeness (QED) is 0.581. The van der Waals surface area contributed by atoms with Crippen molar-refractivity contribution in [3.05, 3.63) is 0 Å². The number of rotatable bonds is 1. The smallest absolute Gasteiger partial charge is 0.226 e. The fourth-order valence-corrected chi connectivity index (χ4v) is 2.64. The third kappa shape index (κ3) is 1.13. The maximum Gasteiger partial charge on any atom is 0.226 e. The van der Waals surface area contributed by atoms with E-state index in [1.165, 1.54) is 19.3 Å². The van der Waals surface area contributed by atoms with E-state index < -0.39 is 0 Å². The summed E-state index contributed by atoms with van der Waals surface area (Å²) in [6.45, 7) is 4.03. The summed E-state index contributed by atoms with van der Waals surface area (Å²) in [6, 6.07) is 0. The Bertz CT molecular complexity index is 190. The fourth-order valence-electron chi connectivity index (χ4n) is 2.64. The molecule has 1 amide bonds. The van der Waals surface area contributed by atoms with E-state index in [0.29, 0.717) is 17.7 Å². The highest BCUT2D eigenvalue weighted by Gasteiger charge is 2.40. The number of hydrogen-bond donors (Lipinski definition) is 0. The molecule has 2 nitrogen and oxygen atoms in total. The highest BCUT2D eigenvalue weighted by atomic mass is 16.2. The molecule has 2 fully saturated rings. The zero-order valence-corrected chi connectivity index (χ0v) is 7.75. The van der Waals surface area contributed by atoms with Crippen LogP contribution in [0.25, 0.3) is 0 Å². The van der Waals surface area contributed by atoms with Crippen LogP contribution in [0.2, 0.25) is 0 Å². The molecule has 12 heavy (non-hydrogen) atoms. The standard InChI is InChI=1S/C10H17NO/c1-2-11-7-8-5-3-4-6-9(8)10(11)12/h8-9H,2-7H2,1H3. The number of hydrogen-bond acceptors (Lipinski definition) is 1. The first kappa shape index (κ1) is 8.09. The van der Waals surface area contributed by atoms with Crippen molar-refractivity contribution < 1.29 is 4.79 Å². The number of fused-ring (bicyclic) bond motifs is 1. The molecular formula is C10H17NO. The van der Waals surface area contributed by atoms with Gasteiger partial charge in [-0.05, 0) is 25.7 Å². The fraction of sp³-hybridized carbons (Fsp3) is 0.900. The predicted octanol–water partition coefficient (Wildman–Crippen LogP) is 1.65. The van der Waals surface area contributed by atoms with Gasteiger partial charge in [-0.15, -0.1) is 0 Å². The van der Waals surface area contributed by atoms with Crippen LogP contribution in [0, 0.1) is 11.8 Å². The summed E-state index contributed by atoms with van der Waals surface area (Å²) in [5.41, 5.74) is 0. The molecule has 2 atom stereocenters. The van der Waals surface area contributed by atoms with Crippen molar-refractivity contribution in [1.82, 2.24) is 4.90 Å². The highest BCUT2D eigenvalue weighted by molar-refractivity contribution is 5.81. The van der Waals surface area contributed by atoms with Gasteiger partial charge in [0.05, 0.1) is 0 Å². The molecule has 2 unspecified atom stereocenters. The van der Waals surface area contributed by atoms with Crippen LogP contribution in [0.3, 0.4) is 0 Å². The van der Waals surface area contributed by atoms with Crippen LogP contribution in [0.1, 0.15) is 32.6 Å². The zero-order valence-electron chi connectivity index (χ0n) is 7.75. The van der Waals surface area contributed by atoms with Crippen molar-refractivity contribution in [3.63, 3.8) is 0 Å². The van der Waals surface area contributed by atoms with Gasteiger partial charge in [-0.2, -0.15) is 0 Å². The van der Waals surface area contributed by atoms with Gasteiger partial charge in [-0.1, -0.05) is 12.8 Å². The van der Waals surface area contributed by atoms with Gasteiger partial charge in [-0.25, -0.2) is 0 Å². The van der Waals surface area contributed by atoms with Crippen LogP contribution in [0.4, 0.5) is 0 Å². The third-order valence-electron chi connectivity index (χ3n) is 3.37. The normalized spacial score (nSPS) is 35.4. The number of carbonyl (C=O) groups is 1. The van der Waals surface area contributed by atoms with Crippen molar-refractivity contribution in [2.75, 3.05) is 13.1 Å². The molecule has 0 aromatic heterocycles. The zero-order chi connectivity index (χ0) is 8.55. The third-order valence-corrected chi connectivity index (χ3v) is 3.37. The largest absolute Gasteiger partial charge is 0.342 e. The number of nitrogens with zero attached hydrogens (tertiary/aromatic N) is 1. The Morgan fingerprint density at radius 2 is 2.17 bits per heavy atom. The van der Waals surface area contributed by atoms with Gasteiger partial charge in [0.25, 0.3) is 0 Å². The van der Waals surface area contributed by atoms with Gasteiger partial charge >= 0.3 is 0 Å². The molecule has 1 aliphatic heterocycles. The number of carbonyl (C=O) groups excluding carboxylic acids is 1. The van der Waals surface area contributed by atoms with E-state index in [1.807, 2.05) is 4.90 Å². The SMILES string of the molecule is CCN1CC2CCCCC2C1=O. The van der Waals surface area contributed by atoms with Crippen molar-refractivity contribution in [2.24, 2.45) is 11.8 Å². The Morgan fingerprint density at radius 1 is 1.42 bits per heavy atom. The Labute approximate surface area is 73.9 Å². The van der Waals surface area contributed by atoms with Crippen molar-refractivity contribution >= 4 is 5.91 Å². The van der Waals surface area contributed by atoms with E-state index >= 15 is 0 Å². The van der Waals surface area contributed by atoms with Gasteiger partial charge in [0.2, 0.25) is 5.91 Å². The summed E-state index contributed by atoms with van der Waals surface area (Å²) in [5, 5.41) is 0. The molecule has 1 saturated heterocycles. The molecule has 2 heteroatoms. The second-order valence-electron chi connectivity index (χ2n) is 4.03. The first-order valence-electron chi connectivity index (χ1n) is 5.11. The Morgan fingerprint density at radius 3 is 2.83 bits per heavy atom. The van der Waals surface area contributed by atoms with E-state index in [1.54, 1.807) is 0 Å². The van der Waals surface area contributed by atoms with E-state index in [4.69, 9.17) is 0 Å². The minimum absolute atomic E-state index is 0.402. The van der Waals surface area contributed by atoms with E-state index in [-0.39, 0.29) is 0 Å². The van der Waals surface area contributed by atoms with Crippen LogP contribution in [-0.4, -0.2) is 23.9 Å². The molecule has 0 radical (unpaired) electrons. The number of amides is 1. The molecule has 0 bridgehead atoms. The lowest BCUT2D eigenvalue weighted by Gasteiger charge is -2.21. The van der Waals surface area contributed by atoms with E-state index in [2.05, 4.69) is 6.92 Å². The van der Waals surface area contributed by atoms with Crippen LogP contribution in [-0.2, 0) is 4.79 Å². The van der Waals surface area contributed by atoms with Gasteiger partial charge < -0.3 is 4.90 Å². The summed E-state index contributed by atoms with van der Waals surface area (Å²) in [7, 11) is 0. The molecule has 1 heterocycles. The molecule has 1 aliphatic carbocycles. The van der Waals surface area contributed by atoms with Gasteiger partial charge in [0, 0.05) is 19.0 Å². The van der Waals surface area contributed by atoms with Crippen LogP contribution in [0.5, 0.6) is 0 Å². The first-order valence-corrected chi connectivity index (χ1v) is 5.11. The molecule has 0 aromatic carbocycles. The van der Waals surface area contributed by atoms with Crippen molar-refractivity contribution in [1.29, 1.82) is 0 Å². The van der Waals surface area contributed by atoms with E-state index in [0.717, 1.165) is 19.5 Å². The summed E-state index contributed by atoms with van der Waals surface area (Å²) in [5.74, 6) is 1.53. The van der Waals surface area contributed by atoms with Crippen molar-refractivity contribution in [2.45, 2.75) is 32.6 Å². The van der Waals surface area contributed by atoms with Gasteiger partial charge in [-0.3, -0.25) is 4.79 Å². The lowest BCUT2D eigenvalue weighted by Crippen LogP contribution is -2.26. The highest BCUT2D eigenvalue weighted by Crippen LogP contribution is 2.36. The van der Waals surface area contributed by atoms with Crippen LogP contribution < -0.4 is 0 Å². The Balaban J connectivity index is 2.08. The van der Waals surface area contributed by atoms with Gasteiger partial charge in [0.1, 0.15) is 0 Å². The summed E-state index contributed by atoms with van der Waals surface area (Å²) in [4.78, 5) is 13.7. The molecule has 2 aliphatic rings. The Kier molecular flexibility index (Phi) is 2.07. The topological polar surface area (TPSA) is 20.3 Å². The first-order chi connectivity index (χ1) is 5.83. The average molecular weight is 167 g/mol. The molecular weight excluding hydrogens is 150 g/mol.